The Hall–Kier alpha value is -3.95. The number of nitro groups is 1. The monoisotopic (exact) mass is 422 g/mol. The van der Waals surface area contributed by atoms with Crippen molar-refractivity contribution < 1.29 is 14.1 Å². The van der Waals surface area contributed by atoms with Gasteiger partial charge in [-0.2, -0.15) is 0 Å². The van der Waals surface area contributed by atoms with Crippen molar-refractivity contribution in [2.24, 2.45) is 0 Å². The van der Waals surface area contributed by atoms with Crippen molar-refractivity contribution in [2.75, 3.05) is 36.4 Å². The van der Waals surface area contributed by atoms with E-state index in [-0.39, 0.29) is 11.7 Å². The Morgan fingerprint density at radius 2 is 1.77 bits per heavy atom. The molecule has 1 fully saturated rings. The van der Waals surface area contributed by atoms with E-state index in [0.29, 0.717) is 37.8 Å². The van der Waals surface area contributed by atoms with Gasteiger partial charge in [0.25, 0.3) is 5.91 Å². The highest BCUT2D eigenvalue weighted by Crippen LogP contribution is 2.22. The molecule has 1 aromatic carbocycles. The van der Waals surface area contributed by atoms with E-state index in [1.54, 1.807) is 4.90 Å². The maximum absolute atomic E-state index is 12.6. The van der Waals surface area contributed by atoms with E-state index < -0.39 is 10.8 Å². The van der Waals surface area contributed by atoms with E-state index in [1.165, 1.54) is 17.7 Å². The first kappa shape index (κ1) is 20.3. The lowest BCUT2D eigenvalue weighted by atomic mass is 10.2. The van der Waals surface area contributed by atoms with Gasteiger partial charge in [-0.15, -0.1) is 0 Å². The van der Waals surface area contributed by atoms with E-state index >= 15 is 0 Å². The van der Waals surface area contributed by atoms with Crippen molar-refractivity contribution in [1.29, 1.82) is 0 Å². The Kier molecular flexibility index (Phi) is 5.52. The van der Waals surface area contributed by atoms with Gasteiger partial charge in [0.1, 0.15) is 22.4 Å². The number of aryl methyl sites for hydroxylation is 2. The Bertz CT molecular complexity index is 1100. The standard InChI is InChI=1S/C21H22N6O4/c1-14-3-5-16(6-4-14)24-18-13-19(23-15(2)22-18)25-9-11-26(12-10-25)21(28)17-7-8-20(31-17)27(29)30/h3-8,13H,9-12H2,1-2H3,(H,22,23,24). The van der Waals surface area contributed by atoms with Crippen molar-refractivity contribution in [2.45, 2.75) is 13.8 Å². The Labute approximate surface area is 178 Å². The fraction of sp³-hybridized carbons (Fsp3) is 0.286. The lowest BCUT2D eigenvalue weighted by molar-refractivity contribution is -0.402. The molecule has 10 heteroatoms. The fourth-order valence-corrected chi connectivity index (χ4v) is 3.40. The van der Waals surface area contributed by atoms with Crippen LogP contribution >= 0.6 is 0 Å². The molecule has 1 aliphatic heterocycles. The van der Waals surface area contributed by atoms with Crippen molar-refractivity contribution in [3.8, 4) is 0 Å². The molecule has 0 radical (unpaired) electrons. The van der Waals surface area contributed by atoms with Crippen LogP contribution in [-0.4, -0.2) is 51.9 Å². The van der Waals surface area contributed by atoms with Gasteiger partial charge < -0.3 is 19.5 Å². The first-order chi connectivity index (χ1) is 14.9. The van der Waals surface area contributed by atoms with Gasteiger partial charge >= 0.3 is 5.88 Å². The van der Waals surface area contributed by atoms with Crippen LogP contribution in [-0.2, 0) is 0 Å². The number of piperazine rings is 1. The minimum atomic E-state index is -0.658. The first-order valence-corrected chi connectivity index (χ1v) is 9.87. The molecule has 0 aliphatic carbocycles. The van der Waals surface area contributed by atoms with Gasteiger partial charge in [0.2, 0.25) is 0 Å². The van der Waals surface area contributed by atoms with Gasteiger partial charge in [-0.25, -0.2) is 9.97 Å². The number of carbonyl (C=O) groups is 1. The summed E-state index contributed by atoms with van der Waals surface area (Å²) < 4.78 is 5.03. The van der Waals surface area contributed by atoms with Gasteiger partial charge in [-0.05, 0) is 32.0 Å². The molecule has 3 heterocycles. The van der Waals surface area contributed by atoms with Gasteiger partial charge in [-0.3, -0.25) is 14.9 Å². The summed E-state index contributed by atoms with van der Waals surface area (Å²) in [5.41, 5.74) is 2.12. The van der Waals surface area contributed by atoms with E-state index in [2.05, 4.69) is 20.2 Å². The summed E-state index contributed by atoms with van der Waals surface area (Å²) in [4.78, 5) is 35.4. The molecule has 0 atom stereocenters. The lowest BCUT2D eigenvalue weighted by Gasteiger charge is -2.35. The maximum atomic E-state index is 12.6. The zero-order chi connectivity index (χ0) is 22.0. The summed E-state index contributed by atoms with van der Waals surface area (Å²) in [5.74, 6) is 1.31. The van der Waals surface area contributed by atoms with E-state index in [9.17, 15) is 14.9 Å². The van der Waals surface area contributed by atoms with Crippen molar-refractivity contribution in [1.82, 2.24) is 14.9 Å². The average Bonchev–Trinajstić information content (AvgIpc) is 3.25. The molecule has 4 rings (SSSR count). The molecule has 1 N–H and O–H groups in total. The molecule has 31 heavy (non-hydrogen) atoms. The summed E-state index contributed by atoms with van der Waals surface area (Å²) >= 11 is 0. The molecule has 0 unspecified atom stereocenters. The minimum absolute atomic E-state index is 0.0254. The largest absolute Gasteiger partial charge is 0.433 e. The zero-order valence-corrected chi connectivity index (χ0v) is 17.2. The van der Waals surface area contributed by atoms with Crippen molar-refractivity contribution in [3.05, 3.63) is 69.7 Å². The van der Waals surface area contributed by atoms with Gasteiger partial charge in [-0.1, -0.05) is 17.7 Å². The van der Waals surface area contributed by atoms with Gasteiger partial charge in [0.05, 0.1) is 6.07 Å². The SMILES string of the molecule is Cc1ccc(Nc2cc(N3CCN(C(=O)c4ccc([N+](=O)[O-])o4)CC3)nc(C)n2)cc1. The predicted molar refractivity (Wildman–Crippen MR) is 115 cm³/mol. The molecule has 1 aliphatic rings. The molecular formula is C21H22N6O4. The number of benzene rings is 1. The number of furan rings is 1. The van der Waals surface area contributed by atoms with Crippen LogP contribution < -0.4 is 10.2 Å². The highest BCUT2D eigenvalue weighted by molar-refractivity contribution is 5.92. The first-order valence-electron chi connectivity index (χ1n) is 9.87. The molecule has 160 valence electrons. The molecule has 3 aromatic rings. The van der Waals surface area contributed by atoms with Crippen LogP contribution in [0.1, 0.15) is 21.9 Å². The van der Waals surface area contributed by atoms with Crippen LogP contribution in [0.15, 0.2) is 46.9 Å². The third-order valence-corrected chi connectivity index (χ3v) is 5.02. The fourth-order valence-electron chi connectivity index (χ4n) is 3.40. The zero-order valence-electron chi connectivity index (χ0n) is 17.2. The molecule has 0 spiro atoms. The number of hydrogen-bond donors (Lipinski definition) is 1. The number of nitrogens with zero attached hydrogens (tertiary/aromatic N) is 5. The van der Waals surface area contributed by atoms with Crippen LogP contribution in [0.4, 0.5) is 23.2 Å². The molecule has 2 aromatic heterocycles. The number of hydrogen-bond acceptors (Lipinski definition) is 8. The second kappa shape index (κ2) is 8.42. The average molecular weight is 422 g/mol. The summed E-state index contributed by atoms with van der Waals surface area (Å²) in [6, 6.07) is 12.5. The highest BCUT2D eigenvalue weighted by Gasteiger charge is 2.26. The van der Waals surface area contributed by atoms with Crippen LogP contribution in [0.2, 0.25) is 0 Å². The number of carbonyl (C=O) groups excluding carboxylic acids is 1. The van der Waals surface area contributed by atoms with Crippen molar-refractivity contribution in [3.63, 3.8) is 0 Å². The van der Waals surface area contributed by atoms with Gasteiger partial charge in [0, 0.05) is 37.9 Å². The Morgan fingerprint density at radius 3 is 2.42 bits per heavy atom. The number of amides is 1. The quantitative estimate of drug-likeness (QED) is 0.492. The maximum Gasteiger partial charge on any atom is 0.433 e. The Morgan fingerprint density at radius 1 is 1.06 bits per heavy atom. The number of aromatic nitrogens is 2. The van der Waals surface area contributed by atoms with Crippen LogP contribution in [0, 0.1) is 24.0 Å². The highest BCUT2D eigenvalue weighted by atomic mass is 16.6. The third kappa shape index (κ3) is 4.63. The Balaban J connectivity index is 1.42. The van der Waals surface area contributed by atoms with Crippen LogP contribution in [0.25, 0.3) is 0 Å². The van der Waals surface area contributed by atoms with E-state index in [1.807, 2.05) is 44.2 Å². The lowest BCUT2D eigenvalue weighted by Crippen LogP contribution is -2.49. The second-order valence-electron chi connectivity index (χ2n) is 7.32. The summed E-state index contributed by atoms with van der Waals surface area (Å²) in [6.07, 6.45) is 0. The number of rotatable bonds is 5. The molecular weight excluding hydrogens is 400 g/mol. The molecule has 1 amide bonds. The normalized spacial score (nSPS) is 13.9. The molecule has 0 bridgehead atoms. The number of anilines is 3. The molecule has 0 saturated carbocycles. The van der Waals surface area contributed by atoms with Gasteiger partial charge in [0.15, 0.2) is 5.76 Å². The second-order valence-corrected chi connectivity index (χ2v) is 7.32. The molecule has 1 saturated heterocycles. The van der Waals surface area contributed by atoms with E-state index in [0.717, 1.165) is 11.5 Å². The third-order valence-electron chi connectivity index (χ3n) is 5.02. The van der Waals surface area contributed by atoms with Crippen LogP contribution in [0.5, 0.6) is 0 Å². The topological polar surface area (TPSA) is 118 Å². The van der Waals surface area contributed by atoms with Crippen LogP contribution in [0.3, 0.4) is 0 Å². The van der Waals surface area contributed by atoms with Crippen molar-refractivity contribution >= 4 is 29.1 Å². The predicted octanol–water partition coefficient (Wildman–Crippen LogP) is 3.30. The summed E-state index contributed by atoms with van der Waals surface area (Å²) in [7, 11) is 0. The summed E-state index contributed by atoms with van der Waals surface area (Å²) in [6.45, 7) is 5.94. The summed E-state index contributed by atoms with van der Waals surface area (Å²) in [5, 5.41) is 14.1. The minimum Gasteiger partial charge on any atom is -0.395 e. The number of nitrogens with one attached hydrogen (secondary N) is 1. The van der Waals surface area contributed by atoms with E-state index in [4.69, 9.17) is 4.42 Å². The smallest absolute Gasteiger partial charge is 0.395 e. The molecule has 10 nitrogen and oxygen atoms in total.